The summed E-state index contributed by atoms with van der Waals surface area (Å²) in [6.45, 7) is 6.94. The number of rotatable bonds is 10. The molecular formula is C45H45ClFN7O5S. The number of amides is 1. The Morgan fingerprint density at radius 3 is 2.63 bits per heavy atom. The molecule has 60 heavy (non-hydrogen) atoms. The molecule has 3 atom stereocenters. The van der Waals surface area contributed by atoms with Gasteiger partial charge in [0.25, 0.3) is 0 Å². The number of β-amino-alcohol motifs (C(OH)–C–C–N with tert-alkyl or cyclic N) is 1. The molecule has 3 fully saturated rings. The van der Waals surface area contributed by atoms with Crippen LogP contribution in [0.1, 0.15) is 67.3 Å². The van der Waals surface area contributed by atoms with Gasteiger partial charge in [-0.1, -0.05) is 35.9 Å². The minimum absolute atomic E-state index is 0.0730. The highest BCUT2D eigenvalue weighted by atomic mass is 35.5. The Balaban J connectivity index is 0.890. The van der Waals surface area contributed by atoms with Gasteiger partial charge in [0.05, 0.1) is 27.4 Å². The van der Waals surface area contributed by atoms with Crippen molar-refractivity contribution in [1.29, 1.82) is 0 Å². The maximum absolute atomic E-state index is 16.3. The summed E-state index contributed by atoms with van der Waals surface area (Å²) < 4.78 is 49.3. The molecule has 2 aliphatic carbocycles. The molecule has 3 aromatic carbocycles. The van der Waals surface area contributed by atoms with E-state index in [1.54, 1.807) is 13.1 Å². The maximum atomic E-state index is 16.3. The lowest BCUT2D eigenvalue weighted by molar-refractivity contribution is -0.122. The first-order valence-corrected chi connectivity index (χ1v) is 22.4. The van der Waals surface area contributed by atoms with Crippen LogP contribution in [0.2, 0.25) is 5.02 Å². The topological polar surface area (TPSA) is 154 Å². The van der Waals surface area contributed by atoms with Crippen molar-refractivity contribution in [3.05, 3.63) is 100 Å². The van der Waals surface area contributed by atoms with Gasteiger partial charge in [-0.15, -0.1) is 0 Å². The zero-order chi connectivity index (χ0) is 41.5. The van der Waals surface area contributed by atoms with Crippen LogP contribution in [-0.2, 0) is 27.8 Å². The second-order valence-electron chi connectivity index (χ2n) is 17.1. The van der Waals surface area contributed by atoms with Crippen LogP contribution in [-0.4, -0.2) is 81.2 Å². The third kappa shape index (κ3) is 6.91. The molecule has 1 amide bonds. The van der Waals surface area contributed by atoms with Crippen LogP contribution in [0.15, 0.2) is 71.4 Å². The first-order valence-electron chi connectivity index (χ1n) is 20.6. The molecule has 15 heteroatoms. The molecule has 2 saturated heterocycles. The first-order chi connectivity index (χ1) is 28.9. The number of aliphatic hydroxyl groups is 1. The average Bonchev–Trinajstić information content (AvgIpc) is 3.69. The summed E-state index contributed by atoms with van der Waals surface area (Å²) in [5, 5.41) is 14.8. The number of sulfonamides is 1. The maximum Gasteiger partial charge on any atom is 0.240 e. The smallest absolute Gasteiger partial charge is 0.240 e. The van der Waals surface area contributed by atoms with Crippen LogP contribution in [0.4, 0.5) is 15.9 Å². The molecule has 3 aromatic heterocycles. The lowest BCUT2D eigenvalue weighted by Gasteiger charge is -2.25. The number of nitrogens with one attached hydrogen (secondary N) is 2. The average molecular weight is 850 g/mol. The molecule has 5 heterocycles. The second kappa shape index (κ2) is 14.9. The SMILES string of the molecule is Cc1c(Nc2nccc3cc(CN4CC[C@@H](O)C4)cnc23)cccc1-c1cccc(-c2nc3cc4c(c(F)c3o2)CC[C@H]4N2CC[C@@H](C(=O)NS(=O)(=O)C3(C)CC3)C2)c1Cl. The summed E-state index contributed by atoms with van der Waals surface area (Å²) >= 11 is 7.18. The Labute approximate surface area is 352 Å². The second-order valence-corrected chi connectivity index (χ2v) is 19.7. The Hall–Kier alpha value is -4.99. The van der Waals surface area contributed by atoms with E-state index in [1.807, 2.05) is 61.7 Å². The van der Waals surface area contributed by atoms with E-state index in [0.717, 1.165) is 63.9 Å². The Bertz CT molecular complexity index is 2830. The van der Waals surface area contributed by atoms with Crippen LogP contribution in [0.5, 0.6) is 0 Å². The van der Waals surface area contributed by atoms with Crippen LogP contribution >= 0.6 is 11.6 Å². The molecule has 0 unspecified atom stereocenters. The number of benzene rings is 3. The third-order valence-electron chi connectivity index (χ3n) is 13.1. The van der Waals surface area contributed by atoms with Crippen molar-refractivity contribution in [2.24, 2.45) is 5.92 Å². The van der Waals surface area contributed by atoms with Crippen molar-refractivity contribution in [2.75, 3.05) is 31.5 Å². The number of carbonyl (C=O) groups is 1. The number of hydrogen-bond acceptors (Lipinski definition) is 11. The molecule has 2 aliphatic heterocycles. The number of halogens is 2. The van der Waals surface area contributed by atoms with Crippen molar-refractivity contribution < 1.29 is 27.1 Å². The van der Waals surface area contributed by atoms with Crippen LogP contribution in [0.3, 0.4) is 0 Å². The molecule has 10 rings (SSSR count). The quantitative estimate of drug-likeness (QED) is 0.124. The number of pyridine rings is 2. The number of nitrogens with zero attached hydrogens (tertiary/aromatic N) is 5. The fourth-order valence-electron chi connectivity index (χ4n) is 9.23. The Kier molecular flexibility index (Phi) is 9.71. The van der Waals surface area contributed by atoms with Crippen LogP contribution in [0.25, 0.3) is 44.6 Å². The number of anilines is 2. The van der Waals surface area contributed by atoms with E-state index in [2.05, 4.69) is 30.9 Å². The van der Waals surface area contributed by atoms with Gasteiger partial charge in [0.1, 0.15) is 11.0 Å². The van der Waals surface area contributed by atoms with Crippen molar-refractivity contribution in [3.63, 3.8) is 0 Å². The molecular weight excluding hydrogens is 805 g/mol. The van der Waals surface area contributed by atoms with E-state index in [0.29, 0.717) is 79.2 Å². The summed E-state index contributed by atoms with van der Waals surface area (Å²) in [4.78, 5) is 31.6. The summed E-state index contributed by atoms with van der Waals surface area (Å²) in [5.74, 6) is -0.536. The van der Waals surface area contributed by atoms with E-state index in [4.69, 9.17) is 26.0 Å². The number of likely N-dealkylation sites (tertiary alicyclic amines) is 2. The monoisotopic (exact) mass is 849 g/mol. The van der Waals surface area contributed by atoms with Gasteiger partial charge in [-0.3, -0.25) is 24.3 Å². The van der Waals surface area contributed by atoms with Gasteiger partial charge in [-0.05, 0) is 117 Å². The highest BCUT2D eigenvalue weighted by Crippen LogP contribution is 2.45. The van der Waals surface area contributed by atoms with Crippen molar-refractivity contribution in [3.8, 4) is 22.6 Å². The minimum Gasteiger partial charge on any atom is -0.433 e. The van der Waals surface area contributed by atoms with Gasteiger partial charge >= 0.3 is 0 Å². The van der Waals surface area contributed by atoms with Gasteiger partial charge in [0.15, 0.2) is 17.2 Å². The number of oxazole rings is 1. The van der Waals surface area contributed by atoms with Crippen molar-refractivity contribution >= 4 is 61.0 Å². The lowest BCUT2D eigenvalue weighted by atomic mass is 9.97. The standard InChI is InChI=1S/C45H45ClFN7O5S/c1-25-30(5-4-8-35(25)50-42-40-27(11-16-48-42)19-26(21-49-40)22-53-17-13-29(55)24-53)31-6-3-7-33(38(31)46)44-51-36-20-34-32(39(47)41(36)59-44)9-10-37(34)54-18-12-28(23-54)43(56)52-60(57,58)45(2)14-15-45/h3-8,11,16,19-21,28-29,37,55H,9-10,12-15,17-18,22-24H2,1-2H3,(H,48,50)(H,52,56)/t28-,29-,37-/m1/s1. The van der Waals surface area contributed by atoms with E-state index in [1.165, 1.54) is 0 Å². The van der Waals surface area contributed by atoms with E-state index in [9.17, 15) is 18.3 Å². The number of aliphatic hydroxyl groups excluding tert-OH is 1. The van der Waals surface area contributed by atoms with Crippen LogP contribution < -0.4 is 10.0 Å². The van der Waals surface area contributed by atoms with E-state index in [-0.39, 0.29) is 23.6 Å². The normalized spacial score (nSPS) is 21.5. The molecule has 12 nitrogen and oxygen atoms in total. The van der Waals surface area contributed by atoms with Crippen molar-refractivity contribution in [2.45, 2.75) is 75.8 Å². The van der Waals surface area contributed by atoms with E-state index >= 15 is 4.39 Å². The number of aromatic nitrogens is 3. The molecule has 0 spiro atoms. The fourth-order valence-corrected chi connectivity index (χ4v) is 10.9. The number of carbonyl (C=O) groups excluding carboxylic acids is 1. The predicted octanol–water partition coefficient (Wildman–Crippen LogP) is 7.82. The van der Waals surface area contributed by atoms with Crippen molar-refractivity contribution in [1.82, 2.24) is 29.5 Å². The number of fused-ring (bicyclic) bond motifs is 3. The molecule has 6 aromatic rings. The molecule has 3 N–H and O–H groups in total. The van der Waals surface area contributed by atoms with Gasteiger partial charge < -0.3 is 14.8 Å². The molecule has 1 saturated carbocycles. The summed E-state index contributed by atoms with van der Waals surface area (Å²) in [6, 6.07) is 17.4. The highest BCUT2D eigenvalue weighted by molar-refractivity contribution is 7.91. The van der Waals surface area contributed by atoms with Gasteiger partial charge in [-0.2, -0.15) is 0 Å². The fraction of sp³-hybridized carbons (Fsp3) is 0.378. The zero-order valence-electron chi connectivity index (χ0n) is 33.3. The summed E-state index contributed by atoms with van der Waals surface area (Å²) in [5.41, 5.74) is 7.62. The predicted molar refractivity (Wildman–Crippen MR) is 229 cm³/mol. The van der Waals surface area contributed by atoms with Gasteiger partial charge in [-0.25, -0.2) is 22.8 Å². The highest BCUT2D eigenvalue weighted by Gasteiger charge is 2.51. The minimum atomic E-state index is -3.72. The van der Waals surface area contributed by atoms with Gasteiger partial charge in [0, 0.05) is 61.3 Å². The third-order valence-corrected chi connectivity index (χ3v) is 15.7. The molecule has 0 radical (unpaired) electrons. The summed E-state index contributed by atoms with van der Waals surface area (Å²) in [6.07, 6.45) is 6.97. The molecule has 310 valence electrons. The Morgan fingerprint density at radius 1 is 1.03 bits per heavy atom. The van der Waals surface area contributed by atoms with E-state index < -0.39 is 32.4 Å². The Morgan fingerprint density at radius 2 is 1.83 bits per heavy atom. The van der Waals surface area contributed by atoms with Gasteiger partial charge in [0.2, 0.25) is 21.8 Å². The summed E-state index contributed by atoms with van der Waals surface area (Å²) in [7, 11) is -3.72. The number of hydrogen-bond donors (Lipinski definition) is 3. The first kappa shape index (κ1) is 39.2. The lowest BCUT2D eigenvalue weighted by Crippen LogP contribution is -2.42. The molecule has 0 bridgehead atoms. The zero-order valence-corrected chi connectivity index (χ0v) is 34.9. The van der Waals surface area contributed by atoms with Crippen LogP contribution in [0, 0.1) is 18.7 Å². The molecule has 4 aliphatic rings. The largest absolute Gasteiger partial charge is 0.433 e.